The van der Waals surface area contributed by atoms with Gasteiger partial charge < -0.3 is 10.8 Å². The van der Waals surface area contributed by atoms with Gasteiger partial charge >= 0.3 is 0 Å². The molecule has 4 nitrogen and oxygen atoms in total. The number of nitrogens with two attached hydrogens (primary N) is 1. The largest absolute Gasteiger partial charge is 0.392 e. The minimum atomic E-state index is -0.224. The highest BCUT2D eigenvalue weighted by atomic mass is 16.3. The Kier molecular flexibility index (Phi) is 3.89. The van der Waals surface area contributed by atoms with Crippen molar-refractivity contribution in [3.63, 3.8) is 0 Å². The fraction of sp³-hybridized carbons (Fsp3) is 0.900. The molecular formula is C10H21N3O. The molecule has 1 aliphatic heterocycles. The lowest BCUT2D eigenvalue weighted by Gasteiger charge is -2.37. The van der Waals surface area contributed by atoms with Crippen molar-refractivity contribution in [3.8, 4) is 0 Å². The Bertz CT molecular complexity index is 208. The van der Waals surface area contributed by atoms with Gasteiger partial charge in [-0.3, -0.25) is 10.3 Å². The summed E-state index contributed by atoms with van der Waals surface area (Å²) < 4.78 is 0. The van der Waals surface area contributed by atoms with Crippen LogP contribution in [0.25, 0.3) is 0 Å². The molecule has 1 fully saturated rings. The molecule has 1 aliphatic rings. The zero-order chi connectivity index (χ0) is 10.7. The maximum absolute atomic E-state index is 9.70. The molecule has 0 amide bonds. The van der Waals surface area contributed by atoms with E-state index in [4.69, 9.17) is 11.1 Å². The van der Waals surface area contributed by atoms with Gasteiger partial charge in [0.05, 0.1) is 11.9 Å². The highest BCUT2D eigenvalue weighted by Gasteiger charge is 2.27. The number of aliphatic hydroxyl groups is 1. The molecule has 0 spiro atoms. The number of aliphatic hydroxyl groups excluding tert-OH is 1. The van der Waals surface area contributed by atoms with E-state index in [1.807, 2.05) is 0 Å². The van der Waals surface area contributed by atoms with Crippen LogP contribution in [0.5, 0.6) is 0 Å². The molecule has 3 unspecified atom stereocenters. The van der Waals surface area contributed by atoms with Gasteiger partial charge in [-0.05, 0) is 25.8 Å². The van der Waals surface area contributed by atoms with Crippen LogP contribution in [-0.2, 0) is 0 Å². The first kappa shape index (κ1) is 11.5. The Morgan fingerprint density at radius 3 is 2.86 bits per heavy atom. The summed E-state index contributed by atoms with van der Waals surface area (Å²) in [6.07, 6.45) is 1.41. The summed E-state index contributed by atoms with van der Waals surface area (Å²) in [4.78, 5) is 2.21. The number of hydrogen-bond acceptors (Lipinski definition) is 3. The molecule has 0 aromatic carbocycles. The fourth-order valence-corrected chi connectivity index (χ4v) is 1.92. The summed E-state index contributed by atoms with van der Waals surface area (Å²) in [7, 11) is 0. The second kappa shape index (κ2) is 4.75. The zero-order valence-corrected chi connectivity index (χ0v) is 9.03. The number of nitrogens with zero attached hydrogens (tertiary/aromatic N) is 1. The fourth-order valence-electron chi connectivity index (χ4n) is 1.92. The van der Waals surface area contributed by atoms with Crippen molar-refractivity contribution in [2.75, 3.05) is 13.1 Å². The van der Waals surface area contributed by atoms with E-state index >= 15 is 0 Å². The molecule has 0 radical (unpaired) electrons. The minimum absolute atomic E-state index is 0.224. The van der Waals surface area contributed by atoms with E-state index in [1.54, 1.807) is 0 Å². The molecule has 4 heteroatoms. The molecule has 1 heterocycles. The van der Waals surface area contributed by atoms with Crippen LogP contribution in [-0.4, -0.2) is 41.1 Å². The summed E-state index contributed by atoms with van der Waals surface area (Å²) >= 11 is 0. The Morgan fingerprint density at radius 2 is 2.36 bits per heavy atom. The lowest BCUT2D eigenvalue weighted by atomic mass is 9.94. The zero-order valence-electron chi connectivity index (χ0n) is 9.03. The summed E-state index contributed by atoms with van der Waals surface area (Å²) in [5.74, 6) is 0.626. The maximum Gasteiger partial charge on any atom is 0.0920 e. The predicted octanol–water partition coefficient (Wildman–Crippen LogP) is 0.404. The highest BCUT2D eigenvalue weighted by Crippen LogP contribution is 2.19. The summed E-state index contributed by atoms with van der Waals surface area (Å²) in [6.45, 7) is 5.87. The quantitative estimate of drug-likeness (QED) is 0.455. The van der Waals surface area contributed by atoms with Gasteiger partial charge in [0.1, 0.15) is 0 Å². The van der Waals surface area contributed by atoms with Crippen LogP contribution in [0, 0.1) is 11.3 Å². The second-order valence-electron chi connectivity index (χ2n) is 4.41. The number of rotatable bonds is 3. The maximum atomic E-state index is 9.70. The van der Waals surface area contributed by atoms with E-state index in [1.165, 1.54) is 0 Å². The molecule has 0 aromatic rings. The molecule has 0 bridgehead atoms. The van der Waals surface area contributed by atoms with Crippen LogP contribution >= 0.6 is 0 Å². The molecule has 3 atom stereocenters. The molecule has 14 heavy (non-hydrogen) atoms. The van der Waals surface area contributed by atoms with Gasteiger partial charge in [0.25, 0.3) is 0 Å². The van der Waals surface area contributed by atoms with Crippen molar-refractivity contribution in [2.24, 2.45) is 11.7 Å². The van der Waals surface area contributed by atoms with Crippen molar-refractivity contribution < 1.29 is 5.11 Å². The van der Waals surface area contributed by atoms with Gasteiger partial charge in [0, 0.05) is 19.0 Å². The lowest BCUT2D eigenvalue weighted by Crippen LogP contribution is -2.47. The first-order chi connectivity index (χ1) is 6.50. The van der Waals surface area contributed by atoms with Gasteiger partial charge in [0.2, 0.25) is 0 Å². The Hall–Kier alpha value is -0.610. The monoisotopic (exact) mass is 199 g/mol. The van der Waals surface area contributed by atoms with Gasteiger partial charge in [-0.2, -0.15) is 0 Å². The minimum Gasteiger partial charge on any atom is -0.392 e. The van der Waals surface area contributed by atoms with Crippen LogP contribution in [0.4, 0.5) is 0 Å². The van der Waals surface area contributed by atoms with Crippen LogP contribution in [0.2, 0.25) is 0 Å². The van der Waals surface area contributed by atoms with E-state index in [2.05, 4.69) is 18.7 Å². The van der Waals surface area contributed by atoms with Crippen molar-refractivity contribution in [1.29, 1.82) is 5.41 Å². The molecular weight excluding hydrogens is 178 g/mol. The van der Waals surface area contributed by atoms with Crippen LogP contribution in [0.1, 0.15) is 26.7 Å². The lowest BCUT2D eigenvalue weighted by molar-refractivity contribution is 0.0144. The number of piperidine rings is 1. The Morgan fingerprint density at radius 1 is 1.71 bits per heavy atom. The standard InChI is InChI=1S/C10H21N3O/c1-7-3-4-13(6-9(7)14)8(2)5-10(11)12/h7-9,14H,3-6H2,1-2H3,(H3,11,12). The van der Waals surface area contributed by atoms with E-state index in [9.17, 15) is 5.11 Å². The van der Waals surface area contributed by atoms with Gasteiger partial charge in [-0.15, -0.1) is 0 Å². The average Bonchev–Trinajstić information content (AvgIpc) is 2.08. The van der Waals surface area contributed by atoms with Crippen LogP contribution in [0.15, 0.2) is 0 Å². The summed E-state index contributed by atoms with van der Waals surface area (Å²) in [6, 6.07) is 0.273. The number of hydrogen-bond donors (Lipinski definition) is 3. The number of amidine groups is 1. The third kappa shape index (κ3) is 2.96. The van der Waals surface area contributed by atoms with Crippen molar-refractivity contribution in [1.82, 2.24) is 4.90 Å². The molecule has 0 aliphatic carbocycles. The van der Waals surface area contributed by atoms with Crippen molar-refractivity contribution >= 4 is 5.84 Å². The molecule has 0 saturated carbocycles. The van der Waals surface area contributed by atoms with E-state index in [0.717, 1.165) is 19.5 Å². The number of likely N-dealkylation sites (tertiary alicyclic amines) is 1. The van der Waals surface area contributed by atoms with Gasteiger partial charge in [-0.1, -0.05) is 6.92 Å². The predicted molar refractivity (Wildman–Crippen MR) is 57.4 cm³/mol. The first-order valence-corrected chi connectivity index (χ1v) is 5.25. The number of nitrogens with one attached hydrogen (secondary N) is 1. The van der Waals surface area contributed by atoms with Gasteiger partial charge in [0.15, 0.2) is 0 Å². The molecule has 0 aromatic heterocycles. The van der Waals surface area contributed by atoms with Crippen molar-refractivity contribution in [3.05, 3.63) is 0 Å². The van der Waals surface area contributed by atoms with Crippen LogP contribution < -0.4 is 5.73 Å². The molecule has 1 saturated heterocycles. The highest BCUT2D eigenvalue weighted by molar-refractivity contribution is 5.77. The third-order valence-corrected chi connectivity index (χ3v) is 3.09. The first-order valence-electron chi connectivity index (χ1n) is 5.25. The smallest absolute Gasteiger partial charge is 0.0920 e. The molecule has 4 N–H and O–H groups in total. The van der Waals surface area contributed by atoms with Crippen LogP contribution in [0.3, 0.4) is 0 Å². The summed E-state index contributed by atoms with van der Waals surface area (Å²) in [5.41, 5.74) is 5.36. The van der Waals surface area contributed by atoms with E-state index < -0.39 is 0 Å². The molecule has 1 rings (SSSR count). The van der Waals surface area contributed by atoms with E-state index in [0.29, 0.717) is 12.3 Å². The van der Waals surface area contributed by atoms with E-state index in [-0.39, 0.29) is 18.0 Å². The number of β-amino-alcohol motifs (C(OH)–C–C–N with tert-alkyl or cyclic N) is 1. The Balaban J connectivity index is 2.41. The Labute approximate surface area is 85.6 Å². The normalized spacial score (nSPS) is 31.4. The average molecular weight is 199 g/mol. The van der Waals surface area contributed by atoms with Crippen molar-refractivity contribution in [2.45, 2.75) is 38.8 Å². The third-order valence-electron chi connectivity index (χ3n) is 3.09. The summed E-state index contributed by atoms with van der Waals surface area (Å²) in [5, 5.41) is 16.9. The topological polar surface area (TPSA) is 73.3 Å². The molecule has 82 valence electrons. The second-order valence-corrected chi connectivity index (χ2v) is 4.41. The van der Waals surface area contributed by atoms with Gasteiger partial charge in [-0.25, -0.2) is 0 Å². The SMILES string of the molecule is CC1CCN(C(C)CC(=N)N)CC1O.